The monoisotopic (exact) mass is 239 g/mol. The molecular formula is C13H21NO3. The molecule has 0 bridgehead atoms. The van der Waals surface area contributed by atoms with Crippen molar-refractivity contribution in [3.05, 3.63) is 12.3 Å². The van der Waals surface area contributed by atoms with Gasteiger partial charge in [-0.15, -0.1) is 0 Å². The fourth-order valence-corrected chi connectivity index (χ4v) is 2.67. The predicted octanol–water partition coefficient (Wildman–Crippen LogP) is 2.85. The Bertz CT molecular complexity index is 352. The lowest BCUT2D eigenvalue weighted by Crippen LogP contribution is -2.42. The van der Waals surface area contributed by atoms with Crippen molar-refractivity contribution in [3.63, 3.8) is 0 Å². The number of amides is 1. The number of aliphatic hydroxyl groups is 1. The molecule has 1 atom stereocenters. The molecule has 1 unspecified atom stereocenters. The molecule has 2 aliphatic rings. The molecule has 0 aromatic carbocycles. The molecular weight excluding hydrogens is 218 g/mol. The van der Waals surface area contributed by atoms with Crippen molar-refractivity contribution >= 4 is 6.09 Å². The second kappa shape index (κ2) is 3.65. The average molecular weight is 239 g/mol. The summed E-state index contributed by atoms with van der Waals surface area (Å²) in [6, 6.07) is -0.252. The standard InChI is InChI=1S/C13H21NO3/c1-9(15)10-13(5-6-13)7-8-14(10)11(16)17-12(2,3)4/h10,15H,1,5-8H2,2-4H3. The van der Waals surface area contributed by atoms with Crippen molar-refractivity contribution in [3.8, 4) is 0 Å². The van der Waals surface area contributed by atoms with E-state index in [0.29, 0.717) is 6.54 Å². The molecule has 1 aliphatic heterocycles. The van der Waals surface area contributed by atoms with Crippen LogP contribution >= 0.6 is 0 Å². The first kappa shape index (κ1) is 12.3. The Morgan fingerprint density at radius 2 is 2.00 bits per heavy atom. The molecule has 1 amide bonds. The van der Waals surface area contributed by atoms with Crippen LogP contribution in [0.5, 0.6) is 0 Å². The Balaban J connectivity index is 2.11. The van der Waals surface area contributed by atoms with Gasteiger partial charge < -0.3 is 9.84 Å². The lowest BCUT2D eigenvalue weighted by Gasteiger charge is -2.30. The average Bonchev–Trinajstić information content (AvgIpc) is 2.74. The van der Waals surface area contributed by atoms with Gasteiger partial charge in [-0.05, 0) is 45.4 Å². The zero-order chi connectivity index (χ0) is 12.8. The summed E-state index contributed by atoms with van der Waals surface area (Å²) in [6.07, 6.45) is 2.73. The molecule has 17 heavy (non-hydrogen) atoms. The zero-order valence-corrected chi connectivity index (χ0v) is 10.8. The van der Waals surface area contributed by atoms with Crippen LogP contribution in [0.3, 0.4) is 0 Å². The van der Waals surface area contributed by atoms with Gasteiger partial charge in [0.1, 0.15) is 11.4 Å². The second-order valence-electron chi connectivity index (χ2n) is 6.18. The Hall–Kier alpha value is -1.19. The summed E-state index contributed by atoms with van der Waals surface area (Å²) in [5.74, 6) is 0.0888. The molecule has 0 radical (unpaired) electrons. The fourth-order valence-electron chi connectivity index (χ4n) is 2.67. The number of rotatable bonds is 1. The molecule has 1 heterocycles. The highest BCUT2D eigenvalue weighted by Crippen LogP contribution is 2.58. The summed E-state index contributed by atoms with van der Waals surface area (Å²) >= 11 is 0. The van der Waals surface area contributed by atoms with E-state index < -0.39 is 5.60 Å². The lowest BCUT2D eigenvalue weighted by molar-refractivity contribution is 0.0197. The Morgan fingerprint density at radius 3 is 2.41 bits per heavy atom. The summed E-state index contributed by atoms with van der Waals surface area (Å²) < 4.78 is 5.36. The first-order valence-electron chi connectivity index (χ1n) is 6.13. The van der Waals surface area contributed by atoms with E-state index in [4.69, 9.17) is 4.74 Å². The van der Waals surface area contributed by atoms with Crippen molar-refractivity contribution in [2.75, 3.05) is 6.54 Å². The SMILES string of the molecule is C=C(O)C1N(C(=O)OC(C)(C)C)CCC12CC2. The van der Waals surface area contributed by atoms with Crippen molar-refractivity contribution in [1.82, 2.24) is 4.90 Å². The third-order valence-corrected chi connectivity index (χ3v) is 3.58. The number of hydrogen-bond acceptors (Lipinski definition) is 3. The molecule has 4 heteroatoms. The van der Waals surface area contributed by atoms with Gasteiger partial charge in [-0.2, -0.15) is 0 Å². The predicted molar refractivity (Wildman–Crippen MR) is 64.8 cm³/mol. The van der Waals surface area contributed by atoms with Crippen LogP contribution in [0.4, 0.5) is 4.79 Å². The second-order valence-corrected chi connectivity index (χ2v) is 6.18. The Labute approximate surface area is 102 Å². The van der Waals surface area contributed by atoms with Crippen molar-refractivity contribution in [1.29, 1.82) is 0 Å². The van der Waals surface area contributed by atoms with Gasteiger partial charge in [0.05, 0.1) is 6.04 Å². The van der Waals surface area contributed by atoms with Crippen LogP contribution in [0.25, 0.3) is 0 Å². The van der Waals surface area contributed by atoms with Gasteiger partial charge >= 0.3 is 6.09 Å². The van der Waals surface area contributed by atoms with Crippen LogP contribution in [0.1, 0.15) is 40.0 Å². The molecule has 96 valence electrons. The largest absolute Gasteiger partial charge is 0.511 e. The molecule has 1 aliphatic carbocycles. The normalized spacial score (nSPS) is 26.1. The topological polar surface area (TPSA) is 49.8 Å². The number of carbonyl (C=O) groups excluding carboxylic acids is 1. The van der Waals surface area contributed by atoms with Gasteiger partial charge in [0.2, 0.25) is 0 Å². The highest BCUT2D eigenvalue weighted by Gasteiger charge is 2.58. The van der Waals surface area contributed by atoms with Crippen LogP contribution in [0.2, 0.25) is 0 Å². The smallest absolute Gasteiger partial charge is 0.410 e. The van der Waals surface area contributed by atoms with Crippen LogP contribution in [0, 0.1) is 5.41 Å². The van der Waals surface area contributed by atoms with Crippen LogP contribution in [-0.2, 0) is 4.74 Å². The highest BCUT2D eigenvalue weighted by molar-refractivity contribution is 5.70. The fraction of sp³-hybridized carbons (Fsp3) is 0.769. The first-order valence-corrected chi connectivity index (χ1v) is 6.13. The van der Waals surface area contributed by atoms with E-state index in [0.717, 1.165) is 19.3 Å². The summed E-state index contributed by atoms with van der Waals surface area (Å²) in [5, 5.41) is 9.70. The van der Waals surface area contributed by atoms with Gasteiger partial charge in [0, 0.05) is 6.54 Å². The van der Waals surface area contributed by atoms with Gasteiger partial charge in [0.25, 0.3) is 0 Å². The third-order valence-electron chi connectivity index (χ3n) is 3.58. The van der Waals surface area contributed by atoms with Crippen molar-refractivity contribution < 1.29 is 14.6 Å². The Kier molecular flexibility index (Phi) is 2.64. The number of likely N-dealkylation sites (tertiary alicyclic amines) is 1. The minimum absolute atomic E-state index is 0.0860. The minimum Gasteiger partial charge on any atom is -0.511 e. The number of hydrogen-bond donors (Lipinski definition) is 1. The molecule has 1 N–H and O–H groups in total. The molecule has 2 rings (SSSR count). The third kappa shape index (κ3) is 2.26. The van der Waals surface area contributed by atoms with E-state index in [9.17, 15) is 9.90 Å². The number of nitrogens with zero attached hydrogens (tertiary/aromatic N) is 1. The van der Waals surface area contributed by atoms with E-state index >= 15 is 0 Å². The lowest BCUT2D eigenvalue weighted by atomic mass is 9.96. The van der Waals surface area contributed by atoms with Gasteiger partial charge in [-0.1, -0.05) is 6.58 Å². The number of carbonyl (C=O) groups is 1. The van der Waals surface area contributed by atoms with Crippen LogP contribution in [0.15, 0.2) is 12.3 Å². The molecule has 1 saturated carbocycles. The summed E-state index contributed by atoms with van der Waals surface area (Å²) in [5.41, 5.74) is -0.416. The quantitative estimate of drug-likeness (QED) is 0.716. The van der Waals surface area contributed by atoms with E-state index in [1.54, 1.807) is 4.90 Å². The highest BCUT2D eigenvalue weighted by atomic mass is 16.6. The molecule has 4 nitrogen and oxygen atoms in total. The molecule has 2 fully saturated rings. The van der Waals surface area contributed by atoms with E-state index in [1.807, 2.05) is 20.8 Å². The minimum atomic E-state index is -0.502. The van der Waals surface area contributed by atoms with E-state index in [1.165, 1.54) is 0 Å². The first-order chi connectivity index (χ1) is 7.75. The Morgan fingerprint density at radius 1 is 1.41 bits per heavy atom. The van der Waals surface area contributed by atoms with Gasteiger partial charge in [-0.3, -0.25) is 4.90 Å². The van der Waals surface area contributed by atoms with Gasteiger partial charge in [-0.25, -0.2) is 4.79 Å². The maximum Gasteiger partial charge on any atom is 0.410 e. The number of aliphatic hydroxyl groups excluding tert-OH is 1. The summed E-state index contributed by atoms with van der Waals surface area (Å²) in [4.78, 5) is 13.7. The maximum absolute atomic E-state index is 12.0. The van der Waals surface area contributed by atoms with E-state index in [2.05, 4.69) is 6.58 Å². The zero-order valence-electron chi connectivity index (χ0n) is 10.8. The molecule has 1 spiro atoms. The maximum atomic E-state index is 12.0. The van der Waals surface area contributed by atoms with Gasteiger partial charge in [0.15, 0.2) is 0 Å². The number of ether oxygens (including phenoxy) is 1. The molecule has 0 aromatic heterocycles. The van der Waals surface area contributed by atoms with Crippen molar-refractivity contribution in [2.24, 2.45) is 5.41 Å². The molecule has 0 aromatic rings. The van der Waals surface area contributed by atoms with Crippen LogP contribution < -0.4 is 0 Å². The van der Waals surface area contributed by atoms with Crippen LogP contribution in [-0.4, -0.2) is 34.3 Å². The molecule has 1 saturated heterocycles. The summed E-state index contributed by atoms with van der Waals surface area (Å²) in [6.45, 7) is 9.79. The summed E-state index contributed by atoms with van der Waals surface area (Å²) in [7, 11) is 0. The van der Waals surface area contributed by atoms with E-state index in [-0.39, 0.29) is 23.3 Å². The van der Waals surface area contributed by atoms with Crippen molar-refractivity contribution in [2.45, 2.75) is 51.7 Å².